The zero-order valence-corrected chi connectivity index (χ0v) is 11.6. The summed E-state index contributed by atoms with van der Waals surface area (Å²) < 4.78 is 0. The molecule has 0 aromatic carbocycles. The molecule has 5 nitrogen and oxygen atoms in total. The summed E-state index contributed by atoms with van der Waals surface area (Å²) in [6.45, 7) is 4.81. The van der Waals surface area contributed by atoms with Crippen molar-refractivity contribution >= 4 is 11.6 Å². The average molecular weight is 262 g/mol. The van der Waals surface area contributed by atoms with E-state index < -0.39 is 0 Å². The van der Waals surface area contributed by atoms with Gasteiger partial charge in [-0.2, -0.15) is 0 Å². The molecule has 2 N–H and O–H groups in total. The van der Waals surface area contributed by atoms with Crippen LogP contribution in [-0.4, -0.2) is 48.5 Å². The van der Waals surface area contributed by atoms with E-state index in [-0.39, 0.29) is 5.91 Å². The molecule has 2 rings (SSSR count). The molecule has 0 unspecified atom stereocenters. The third-order valence-corrected chi connectivity index (χ3v) is 3.44. The second kappa shape index (κ2) is 6.52. The molecule has 1 heterocycles. The van der Waals surface area contributed by atoms with Crippen molar-refractivity contribution in [3.05, 3.63) is 24.0 Å². The van der Waals surface area contributed by atoms with Crippen LogP contribution in [0.1, 0.15) is 30.3 Å². The molecule has 1 aliphatic carbocycles. The second-order valence-corrected chi connectivity index (χ2v) is 4.80. The first-order chi connectivity index (χ1) is 9.24. The monoisotopic (exact) mass is 262 g/mol. The molecule has 1 aromatic heterocycles. The number of hydrogen-bond donors (Lipinski definition) is 2. The van der Waals surface area contributed by atoms with Crippen molar-refractivity contribution in [1.29, 1.82) is 0 Å². The van der Waals surface area contributed by atoms with Crippen molar-refractivity contribution in [1.82, 2.24) is 15.2 Å². The van der Waals surface area contributed by atoms with Crippen molar-refractivity contribution in [3.63, 3.8) is 0 Å². The summed E-state index contributed by atoms with van der Waals surface area (Å²) >= 11 is 0. The van der Waals surface area contributed by atoms with Crippen LogP contribution in [0.25, 0.3) is 0 Å². The predicted molar refractivity (Wildman–Crippen MR) is 76.4 cm³/mol. The number of anilines is 1. The SMILES string of the molecule is CCN(CCNC(=O)c1ccc(NC)cn1)C1CC1. The van der Waals surface area contributed by atoms with Gasteiger partial charge in [0.15, 0.2) is 0 Å². The maximum absolute atomic E-state index is 11.9. The number of amides is 1. The number of aromatic nitrogens is 1. The summed E-state index contributed by atoms with van der Waals surface area (Å²) in [4.78, 5) is 18.4. The van der Waals surface area contributed by atoms with Gasteiger partial charge in [-0.15, -0.1) is 0 Å². The predicted octanol–water partition coefficient (Wildman–Crippen LogP) is 1.34. The van der Waals surface area contributed by atoms with E-state index in [9.17, 15) is 4.79 Å². The molecule has 0 radical (unpaired) electrons. The molecule has 0 atom stereocenters. The fraction of sp³-hybridized carbons (Fsp3) is 0.571. The van der Waals surface area contributed by atoms with Gasteiger partial charge in [-0.1, -0.05) is 6.92 Å². The van der Waals surface area contributed by atoms with E-state index in [4.69, 9.17) is 0 Å². The fourth-order valence-electron chi connectivity index (χ4n) is 2.12. The Kier molecular flexibility index (Phi) is 4.74. The Labute approximate surface area is 114 Å². The van der Waals surface area contributed by atoms with Gasteiger partial charge in [-0.3, -0.25) is 9.69 Å². The smallest absolute Gasteiger partial charge is 0.269 e. The second-order valence-electron chi connectivity index (χ2n) is 4.80. The lowest BCUT2D eigenvalue weighted by molar-refractivity contribution is 0.0943. The first-order valence-electron chi connectivity index (χ1n) is 6.90. The van der Waals surface area contributed by atoms with Gasteiger partial charge >= 0.3 is 0 Å². The lowest BCUT2D eigenvalue weighted by Gasteiger charge is -2.19. The molecule has 1 aromatic rings. The fourth-order valence-corrected chi connectivity index (χ4v) is 2.12. The molecule has 1 fully saturated rings. The quantitative estimate of drug-likeness (QED) is 0.778. The lowest BCUT2D eigenvalue weighted by Crippen LogP contribution is -2.36. The van der Waals surface area contributed by atoms with Crippen molar-refractivity contribution in [2.24, 2.45) is 0 Å². The van der Waals surface area contributed by atoms with E-state index in [2.05, 4.69) is 27.4 Å². The Bertz CT molecular complexity index is 414. The van der Waals surface area contributed by atoms with Crippen molar-refractivity contribution in [2.45, 2.75) is 25.8 Å². The Morgan fingerprint density at radius 1 is 1.47 bits per heavy atom. The minimum Gasteiger partial charge on any atom is -0.387 e. The zero-order valence-electron chi connectivity index (χ0n) is 11.6. The minimum absolute atomic E-state index is 0.102. The van der Waals surface area contributed by atoms with E-state index in [0.717, 1.165) is 24.8 Å². The molecule has 0 spiro atoms. The van der Waals surface area contributed by atoms with Gasteiger partial charge in [0.25, 0.3) is 5.91 Å². The molecule has 0 aliphatic heterocycles. The van der Waals surface area contributed by atoms with E-state index in [1.807, 2.05) is 13.1 Å². The number of carbonyl (C=O) groups is 1. The van der Waals surface area contributed by atoms with Gasteiger partial charge in [-0.25, -0.2) is 4.98 Å². The Balaban J connectivity index is 1.76. The van der Waals surface area contributed by atoms with Crippen molar-refractivity contribution < 1.29 is 4.79 Å². The van der Waals surface area contributed by atoms with Crippen LogP contribution in [0.15, 0.2) is 18.3 Å². The normalized spacial score (nSPS) is 14.5. The van der Waals surface area contributed by atoms with Crippen LogP contribution in [0.4, 0.5) is 5.69 Å². The molecule has 0 saturated heterocycles. The lowest BCUT2D eigenvalue weighted by atomic mass is 10.3. The highest BCUT2D eigenvalue weighted by molar-refractivity contribution is 5.92. The molecule has 1 saturated carbocycles. The summed E-state index contributed by atoms with van der Waals surface area (Å²) in [6.07, 6.45) is 4.26. The van der Waals surface area contributed by atoms with Gasteiger partial charge in [-0.05, 0) is 31.5 Å². The summed E-state index contributed by atoms with van der Waals surface area (Å²) in [7, 11) is 1.83. The number of nitrogens with one attached hydrogen (secondary N) is 2. The summed E-state index contributed by atoms with van der Waals surface area (Å²) in [5, 5.41) is 5.90. The zero-order chi connectivity index (χ0) is 13.7. The molecule has 19 heavy (non-hydrogen) atoms. The first kappa shape index (κ1) is 13.8. The van der Waals surface area contributed by atoms with Gasteiger partial charge in [0.1, 0.15) is 5.69 Å². The number of carbonyl (C=O) groups excluding carboxylic acids is 1. The molecule has 5 heteroatoms. The number of rotatable bonds is 7. The molecule has 104 valence electrons. The first-order valence-corrected chi connectivity index (χ1v) is 6.90. The number of hydrogen-bond acceptors (Lipinski definition) is 4. The molecular weight excluding hydrogens is 240 g/mol. The van der Waals surface area contributed by atoms with Crippen molar-refractivity contribution in [2.75, 3.05) is 32.0 Å². The maximum atomic E-state index is 11.9. The Morgan fingerprint density at radius 3 is 2.79 bits per heavy atom. The van der Waals surface area contributed by atoms with Gasteiger partial charge in [0, 0.05) is 26.2 Å². The highest BCUT2D eigenvalue weighted by Gasteiger charge is 2.27. The van der Waals surface area contributed by atoms with Crippen LogP contribution < -0.4 is 10.6 Å². The van der Waals surface area contributed by atoms with Crippen LogP contribution in [0.2, 0.25) is 0 Å². The third-order valence-electron chi connectivity index (χ3n) is 3.44. The van der Waals surface area contributed by atoms with Crippen LogP contribution in [0, 0.1) is 0 Å². The van der Waals surface area contributed by atoms with Gasteiger partial charge in [0.2, 0.25) is 0 Å². The maximum Gasteiger partial charge on any atom is 0.269 e. The average Bonchev–Trinajstić information content (AvgIpc) is 3.28. The van der Waals surface area contributed by atoms with E-state index >= 15 is 0 Å². The minimum atomic E-state index is -0.102. The summed E-state index contributed by atoms with van der Waals surface area (Å²) in [5.74, 6) is -0.102. The third kappa shape index (κ3) is 3.92. The molecule has 1 aliphatic rings. The number of likely N-dealkylation sites (N-methyl/N-ethyl adjacent to an activating group) is 1. The van der Waals surface area contributed by atoms with Crippen LogP contribution >= 0.6 is 0 Å². The standard InChI is InChI=1S/C14H22N4O/c1-3-18(12-5-6-12)9-8-16-14(19)13-7-4-11(15-2)10-17-13/h4,7,10,12,15H,3,5-6,8-9H2,1-2H3,(H,16,19). The topological polar surface area (TPSA) is 57.3 Å². The highest BCUT2D eigenvalue weighted by Crippen LogP contribution is 2.25. The Hall–Kier alpha value is -1.62. The Morgan fingerprint density at radius 2 is 2.26 bits per heavy atom. The molecular formula is C14H22N4O. The molecule has 1 amide bonds. The summed E-state index contributed by atoms with van der Waals surface area (Å²) in [5.41, 5.74) is 1.37. The van der Waals surface area contributed by atoms with E-state index in [1.165, 1.54) is 12.8 Å². The van der Waals surface area contributed by atoms with Gasteiger partial charge in [0.05, 0.1) is 11.9 Å². The van der Waals surface area contributed by atoms with Crippen LogP contribution in [0.5, 0.6) is 0 Å². The van der Waals surface area contributed by atoms with Crippen LogP contribution in [0.3, 0.4) is 0 Å². The van der Waals surface area contributed by atoms with Gasteiger partial charge < -0.3 is 10.6 Å². The van der Waals surface area contributed by atoms with Crippen LogP contribution in [-0.2, 0) is 0 Å². The van der Waals surface area contributed by atoms with Crippen molar-refractivity contribution in [3.8, 4) is 0 Å². The largest absolute Gasteiger partial charge is 0.387 e. The summed E-state index contributed by atoms with van der Waals surface area (Å²) in [6, 6.07) is 4.33. The number of nitrogens with zero attached hydrogens (tertiary/aromatic N) is 2. The number of pyridine rings is 1. The van der Waals surface area contributed by atoms with E-state index in [1.54, 1.807) is 12.3 Å². The van der Waals surface area contributed by atoms with E-state index in [0.29, 0.717) is 12.2 Å². The molecule has 0 bridgehead atoms. The highest BCUT2D eigenvalue weighted by atomic mass is 16.1.